The number of hydrogen-bond donors (Lipinski definition) is 3. The molecule has 1 aromatic carbocycles. The molecule has 0 radical (unpaired) electrons. The molecule has 0 saturated heterocycles. The average Bonchev–Trinajstić information content (AvgIpc) is 2.34. The number of carbonyl (C=O) groups excluding carboxylic acids is 1. The number of hydrogen-bond acceptors (Lipinski definition) is 2. The summed E-state index contributed by atoms with van der Waals surface area (Å²) in [4.78, 5) is 15.2. The number of carbonyl (C=O) groups is 1. The Labute approximate surface area is 107 Å². The number of nitrogens with one attached hydrogen (secondary N) is 2. The Morgan fingerprint density at radius 2 is 2.33 bits per heavy atom. The molecular formula is C13H18N4O. The van der Waals surface area contributed by atoms with Gasteiger partial charge in [-0.2, -0.15) is 0 Å². The normalized spacial score (nSPS) is 10.8. The van der Waals surface area contributed by atoms with Crippen molar-refractivity contribution in [1.82, 2.24) is 5.32 Å². The Hall–Kier alpha value is -2.30. The molecule has 0 heterocycles. The molecule has 0 saturated carbocycles. The lowest BCUT2D eigenvalue weighted by atomic mass is 10.2. The first kappa shape index (κ1) is 13.8. The van der Waals surface area contributed by atoms with E-state index in [0.717, 1.165) is 11.3 Å². The molecule has 96 valence electrons. The molecule has 1 amide bonds. The van der Waals surface area contributed by atoms with Crippen LogP contribution in [-0.4, -0.2) is 25.0 Å². The van der Waals surface area contributed by atoms with E-state index in [9.17, 15) is 4.79 Å². The van der Waals surface area contributed by atoms with Gasteiger partial charge < -0.3 is 16.4 Å². The molecule has 1 aromatic rings. The zero-order valence-electron chi connectivity index (χ0n) is 10.4. The highest BCUT2D eigenvalue weighted by Crippen LogP contribution is 2.08. The van der Waals surface area contributed by atoms with Crippen molar-refractivity contribution in [2.24, 2.45) is 10.7 Å². The van der Waals surface area contributed by atoms with Gasteiger partial charge in [-0.05, 0) is 24.6 Å². The first-order valence-electron chi connectivity index (χ1n) is 5.63. The number of guanidine groups is 1. The van der Waals surface area contributed by atoms with E-state index in [2.05, 4.69) is 22.2 Å². The first-order chi connectivity index (χ1) is 8.61. The smallest absolute Gasteiger partial charge is 0.242 e. The van der Waals surface area contributed by atoms with Gasteiger partial charge in [-0.25, -0.2) is 4.99 Å². The van der Waals surface area contributed by atoms with Crippen LogP contribution in [0.4, 0.5) is 5.69 Å². The van der Waals surface area contributed by atoms with E-state index in [1.165, 1.54) is 0 Å². The van der Waals surface area contributed by atoms with Crippen LogP contribution in [0.15, 0.2) is 41.9 Å². The number of anilines is 1. The molecule has 0 aliphatic carbocycles. The van der Waals surface area contributed by atoms with Crippen LogP contribution in [0.3, 0.4) is 0 Å². The van der Waals surface area contributed by atoms with E-state index < -0.39 is 0 Å². The van der Waals surface area contributed by atoms with Gasteiger partial charge in [0.1, 0.15) is 6.54 Å². The Bertz CT molecular complexity index is 454. The Morgan fingerprint density at radius 1 is 1.56 bits per heavy atom. The average molecular weight is 246 g/mol. The third-order valence-electron chi connectivity index (χ3n) is 2.13. The minimum Gasteiger partial charge on any atom is -0.370 e. The Kier molecular flexibility index (Phi) is 5.44. The predicted molar refractivity (Wildman–Crippen MR) is 74.5 cm³/mol. The lowest BCUT2D eigenvalue weighted by Gasteiger charge is -2.06. The van der Waals surface area contributed by atoms with E-state index in [4.69, 9.17) is 5.73 Å². The minimum atomic E-state index is -0.191. The zero-order valence-corrected chi connectivity index (χ0v) is 10.4. The summed E-state index contributed by atoms with van der Waals surface area (Å²) in [6, 6.07) is 7.73. The second kappa shape index (κ2) is 7.11. The quantitative estimate of drug-likeness (QED) is 0.412. The summed E-state index contributed by atoms with van der Waals surface area (Å²) in [6.45, 7) is 5.92. The number of nitrogens with two attached hydrogens (primary N) is 1. The second-order valence-corrected chi connectivity index (χ2v) is 3.79. The number of nitrogens with zero attached hydrogens (tertiary/aromatic N) is 1. The minimum absolute atomic E-state index is 0.00150. The summed E-state index contributed by atoms with van der Waals surface area (Å²) in [7, 11) is 0. The van der Waals surface area contributed by atoms with Crippen LogP contribution < -0.4 is 16.4 Å². The van der Waals surface area contributed by atoms with Crippen LogP contribution >= 0.6 is 0 Å². The fourth-order valence-corrected chi connectivity index (χ4v) is 1.31. The summed E-state index contributed by atoms with van der Waals surface area (Å²) >= 11 is 0. The number of rotatable bonds is 5. The maximum absolute atomic E-state index is 11.3. The highest BCUT2D eigenvalue weighted by molar-refractivity contribution is 5.93. The van der Waals surface area contributed by atoms with Gasteiger partial charge >= 0.3 is 0 Å². The van der Waals surface area contributed by atoms with E-state index in [0.29, 0.717) is 6.54 Å². The summed E-state index contributed by atoms with van der Waals surface area (Å²) in [5.41, 5.74) is 7.64. The number of aliphatic imine (C=N–C) groups is 1. The van der Waals surface area contributed by atoms with E-state index in [1.807, 2.05) is 31.2 Å². The first-order valence-corrected chi connectivity index (χ1v) is 5.63. The molecule has 0 spiro atoms. The van der Waals surface area contributed by atoms with Crippen molar-refractivity contribution in [3.05, 3.63) is 42.5 Å². The third kappa shape index (κ3) is 5.16. The maximum atomic E-state index is 11.3. The highest BCUT2D eigenvalue weighted by atomic mass is 16.1. The van der Waals surface area contributed by atoms with Crippen LogP contribution in [0.1, 0.15) is 5.56 Å². The Morgan fingerprint density at radius 3 is 3.00 bits per heavy atom. The monoisotopic (exact) mass is 246 g/mol. The van der Waals surface area contributed by atoms with Crippen LogP contribution in [0.5, 0.6) is 0 Å². The summed E-state index contributed by atoms with van der Waals surface area (Å²) in [5.74, 6) is 0.0262. The van der Waals surface area contributed by atoms with Gasteiger partial charge in [-0.15, -0.1) is 6.58 Å². The standard InChI is InChI=1S/C13H18N4O/c1-3-7-15-12(18)9-16-13(14)17-11-6-4-5-10(2)8-11/h3-6,8H,1,7,9H2,2H3,(H,15,18)(H3,14,16,17). The topological polar surface area (TPSA) is 79.5 Å². The van der Waals surface area contributed by atoms with Crippen molar-refractivity contribution >= 4 is 17.6 Å². The van der Waals surface area contributed by atoms with Gasteiger partial charge in [0.2, 0.25) is 5.91 Å². The lowest BCUT2D eigenvalue weighted by Crippen LogP contribution is -2.29. The molecule has 0 fully saturated rings. The maximum Gasteiger partial charge on any atom is 0.242 e. The lowest BCUT2D eigenvalue weighted by molar-refractivity contribution is -0.119. The fraction of sp³-hybridized carbons (Fsp3) is 0.231. The molecule has 0 aliphatic rings. The number of benzene rings is 1. The van der Waals surface area contributed by atoms with E-state index >= 15 is 0 Å². The van der Waals surface area contributed by atoms with Crippen molar-refractivity contribution in [2.75, 3.05) is 18.4 Å². The van der Waals surface area contributed by atoms with Gasteiger partial charge in [0.05, 0.1) is 0 Å². The zero-order chi connectivity index (χ0) is 13.4. The van der Waals surface area contributed by atoms with Crippen molar-refractivity contribution in [3.63, 3.8) is 0 Å². The van der Waals surface area contributed by atoms with E-state index in [1.54, 1.807) is 6.08 Å². The summed E-state index contributed by atoms with van der Waals surface area (Å²) < 4.78 is 0. The molecular weight excluding hydrogens is 228 g/mol. The number of amides is 1. The largest absolute Gasteiger partial charge is 0.370 e. The van der Waals surface area contributed by atoms with Crippen molar-refractivity contribution in [2.45, 2.75) is 6.92 Å². The second-order valence-electron chi connectivity index (χ2n) is 3.79. The third-order valence-corrected chi connectivity index (χ3v) is 2.13. The molecule has 5 heteroatoms. The van der Waals surface area contributed by atoms with Gasteiger partial charge in [-0.1, -0.05) is 18.2 Å². The molecule has 18 heavy (non-hydrogen) atoms. The van der Waals surface area contributed by atoms with Gasteiger partial charge in [-0.3, -0.25) is 4.79 Å². The summed E-state index contributed by atoms with van der Waals surface area (Å²) in [5, 5.41) is 5.54. The molecule has 0 unspecified atom stereocenters. The molecule has 5 nitrogen and oxygen atoms in total. The van der Waals surface area contributed by atoms with Gasteiger partial charge in [0.15, 0.2) is 5.96 Å². The van der Waals surface area contributed by atoms with Crippen LogP contribution in [0.25, 0.3) is 0 Å². The van der Waals surface area contributed by atoms with Gasteiger partial charge in [0, 0.05) is 12.2 Å². The molecule has 1 rings (SSSR count). The van der Waals surface area contributed by atoms with E-state index in [-0.39, 0.29) is 18.4 Å². The molecule has 0 aliphatic heterocycles. The van der Waals surface area contributed by atoms with Crippen LogP contribution in [0, 0.1) is 6.92 Å². The predicted octanol–water partition coefficient (Wildman–Crippen LogP) is 1.02. The van der Waals surface area contributed by atoms with Crippen LogP contribution in [0.2, 0.25) is 0 Å². The van der Waals surface area contributed by atoms with Crippen molar-refractivity contribution in [3.8, 4) is 0 Å². The molecule has 0 aromatic heterocycles. The van der Waals surface area contributed by atoms with Gasteiger partial charge in [0.25, 0.3) is 0 Å². The van der Waals surface area contributed by atoms with Crippen LogP contribution in [-0.2, 0) is 4.79 Å². The number of aryl methyl sites for hydroxylation is 1. The Balaban J connectivity index is 2.47. The molecule has 4 N–H and O–H groups in total. The fourth-order valence-electron chi connectivity index (χ4n) is 1.31. The highest BCUT2D eigenvalue weighted by Gasteiger charge is 1.99. The van der Waals surface area contributed by atoms with Crippen molar-refractivity contribution < 1.29 is 4.79 Å². The summed E-state index contributed by atoms with van der Waals surface area (Å²) in [6.07, 6.45) is 1.61. The molecule has 0 atom stereocenters. The SMILES string of the molecule is C=CCNC(=O)CN=C(N)Nc1cccc(C)c1. The van der Waals surface area contributed by atoms with Crippen molar-refractivity contribution in [1.29, 1.82) is 0 Å². The molecule has 0 bridgehead atoms.